The Morgan fingerprint density at radius 3 is 2.68 bits per heavy atom. The number of hydrogen-bond donors (Lipinski definition) is 2. The highest BCUT2D eigenvalue weighted by Gasteiger charge is 2.11. The molecular weight excluding hydrogens is 242 g/mol. The summed E-state index contributed by atoms with van der Waals surface area (Å²) in [6, 6.07) is 5.74. The van der Waals surface area contributed by atoms with Gasteiger partial charge in [-0.05, 0) is 37.7 Å². The summed E-state index contributed by atoms with van der Waals surface area (Å²) in [5.41, 5.74) is 1.88. The standard InChI is InChI=1S/C15H21NO3/c1-12(11-18)16(2)10-14-9-15(19-3)7-6-13(14)5-4-8-17/h6-7,9,12,17-18H,8,10-11H2,1-3H3. The highest BCUT2D eigenvalue weighted by atomic mass is 16.5. The van der Waals surface area contributed by atoms with Crippen LogP contribution in [0, 0.1) is 11.8 Å². The number of nitrogens with zero attached hydrogens (tertiary/aromatic N) is 1. The molecule has 0 saturated heterocycles. The number of aliphatic hydroxyl groups excluding tert-OH is 2. The van der Waals surface area contributed by atoms with Crippen molar-refractivity contribution in [3.05, 3.63) is 29.3 Å². The van der Waals surface area contributed by atoms with E-state index in [0.717, 1.165) is 16.9 Å². The lowest BCUT2D eigenvalue weighted by Crippen LogP contribution is -2.31. The fourth-order valence-electron chi connectivity index (χ4n) is 1.65. The Hall–Kier alpha value is -1.54. The molecule has 4 heteroatoms. The van der Waals surface area contributed by atoms with Crippen molar-refractivity contribution in [3.8, 4) is 17.6 Å². The zero-order chi connectivity index (χ0) is 14.3. The largest absolute Gasteiger partial charge is 0.497 e. The van der Waals surface area contributed by atoms with E-state index in [4.69, 9.17) is 14.9 Å². The van der Waals surface area contributed by atoms with Crippen LogP contribution in [-0.4, -0.2) is 48.5 Å². The third-order valence-corrected chi connectivity index (χ3v) is 3.05. The summed E-state index contributed by atoms with van der Waals surface area (Å²) in [6.07, 6.45) is 0. The van der Waals surface area contributed by atoms with E-state index < -0.39 is 0 Å². The molecule has 0 aliphatic heterocycles. The van der Waals surface area contributed by atoms with Gasteiger partial charge in [-0.25, -0.2) is 0 Å². The molecule has 0 heterocycles. The van der Waals surface area contributed by atoms with Crippen molar-refractivity contribution in [2.75, 3.05) is 27.4 Å². The van der Waals surface area contributed by atoms with E-state index in [0.29, 0.717) is 6.54 Å². The summed E-state index contributed by atoms with van der Waals surface area (Å²) in [5.74, 6) is 6.36. The maximum absolute atomic E-state index is 9.17. The SMILES string of the molecule is COc1ccc(C#CCO)c(CN(C)C(C)CO)c1. The molecular formula is C15H21NO3. The van der Waals surface area contributed by atoms with E-state index >= 15 is 0 Å². The Bertz CT molecular complexity index is 462. The van der Waals surface area contributed by atoms with Crippen molar-refractivity contribution in [2.45, 2.75) is 19.5 Å². The summed E-state index contributed by atoms with van der Waals surface area (Å²) in [7, 11) is 3.57. The van der Waals surface area contributed by atoms with Gasteiger partial charge in [0.1, 0.15) is 12.4 Å². The van der Waals surface area contributed by atoms with E-state index in [9.17, 15) is 0 Å². The first kappa shape index (κ1) is 15.5. The second-order valence-electron chi connectivity index (χ2n) is 4.43. The molecule has 0 aromatic heterocycles. The van der Waals surface area contributed by atoms with Crippen LogP contribution >= 0.6 is 0 Å². The van der Waals surface area contributed by atoms with Gasteiger partial charge in [0.2, 0.25) is 0 Å². The average Bonchev–Trinajstić information content (AvgIpc) is 2.44. The molecule has 2 N–H and O–H groups in total. The number of likely N-dealkylation sites (N-methyl/N-ethyl adjacent to an activating group) is 1. The molecule has 0 amide bonds. The molecule has 0 radical (unpaired) electrons. The minimum atomic E-state index is -0.158. The predicted octanol–water partition coefficient (Wildman–Crippen LogP) is 0.852. The first-order valence-corrected chi connectivity index (χ1v) is 6.20. The van der Waals surface area contributed by atoms with Gasteiger partial charge >= 0.3 is 0 Å². The molecule has 1 aromatic rings. The Labute approximate surface area is 114 Å². The zero-order valence-electron chi connectivity index (χ0n) is 11.7. The Kier molecular flexibility index (Phi) is 6.37. The fraction of sp³-hybridized carbons (Fsp3) is 0.467. The fourth-order valence-corrected chi connectivity index (χ4v) is 1.65. The number of hydrogen-bond acceptors (Lipinski definition) is 4. The van der Waals surface area contributed by atoms with Gasteiger partial charge in [0.15, 0.2) is 0 Å². The van der Waals surface area contributed by atoms with Crippen LogP contribution in [0.15, 0.2) is 18.2 Å². The molecule has 1 rings (SSSR count). The average molecular weight is 263 g/mol. The summed E-state index contributed by atoms with van der Waals surface area (Å²) in [6.45, 7) is 2.57. The minimum absolute atomic E-state index is 0.0739. The Balaban J connectivity index is 3.00. The van der Waals surface area contributed by atoms with Gasteiger partial charge in [-0.15, -0.1) is 0 Å². The molecule has 1 aromatic carbocycles. The van der Waals surface area contributed by atoms with Crippen LogP contribution in [0.5, 0.6) is 5.75 Å². The smallest absolute Gasteiger partial charge is 0.119 e. The summed E-state index contributed by atoms with van der Waals surface area (Å²) < 4.78 is 5.22. The molecule has 0 bridgehead atoms. The number of methoxy groups -OCH3 is 1. The van der Waals surface area contributed by atoms with Gasteiger partial charge in [-0.1, -0.05) is 11.8 Å². The molecule has 1 atom stereocenters. The molecule has 104 valence electrons. The molecule has 0 aliphatic carbocycles. The van der Waals surface area contributed by atoms with Crippen LogP contribution in [0.2, 0.25) is 0 Å². The van der Waals surface area contributed by atoms with Crippen molar-refractivity contribution in [1.29, 1.82) is 0 Å². The van der Waals surface area contributed by atoms with E-state index in [1.54, 1.807) is 7.11 Å². The highest BCUT2D eigenvalue weighted by Crippen LogP contribution is 2.19. The van der Waals surface area contributed by atoms with E-state index in [-0.39, 0.29) is 19.3 Å². The van der Waals surface area contributed by atoms with Gasteiger partial charge in [0.25, 0.3) is 0 Å². The molecule has 4 nitrogen and oxygen atoms in total. The van der Waals surface area contributed by atoms with Crippen LogP contribution in [-0.2, 0) is 6.54 Å². The van der Waals surface area contributed by atoms with Crippen molar-refractivity contribution >= 4 is 0 Å². The van der Waals surface area contributed by atoms with E-state index in [1.165, 1.54) is 0 Å². The Morgan fingerprint density at radius 2 is 2.11 bits per heavy atom. The molecule has 19 heavy (non-hydrogen) atoms. The predicted molar refractivity (Wildman–Crippen MR) is 75.0 cm³/mol. The summed E-state index contributed by atoms with van der Waals surface area (Å²) in [5, 5.41) is 18.0. The molecule has 0 spiro atoms. The van der Waals surface area contributed by atoms with Crippen molar-refractivity contribution in [1.82, 2.24) is 4.90 Å². The van der Waals surface area contributed by atoms with E-state index in [1.807, 2.05) is 37.1 Å². The number of ether oxygens (including phenoxy) is 1. The Morgan fingerprint density at radius 1 is 1.37 bits per heavy atom. The maximum atomic E-state index is 9.17. The van der Waals surface area contributed by atoms with Crippen LogP contribution in [0.4, 0.5) is 0 Å². The third kappa shape index (κ3) is 4.56. The first-order valence-electron chi connectivity index (χ1n) is 6.20. The zero-order valence-corrected chi connectivity index (χ0v) is 11.7. The second kappa shape index (κ2) is 7.80. The quantitative estimate of drug-likeness (QED) is 0.773. The molecule has 0 fully saturated rings. The molecule has 1 unspecified atom stereocenters. The molecule has 0 saturated carbocycles. The number of benzene rings is 1. The third-order valence-electron chi connectivity index (χ3n) is 3.05. The van der Waals surface area contributed by atoms with Crippen LogP contribution < -0.4 is 4.74 Å². The number of aliphatic hydroxyl groups is 2. The van der Waals surface area contributed by atoms with Crippen LogP contribution in [0.25, 0.3) is 0 Å². The lowest BCUT2D eigenvalue weighted by Gasteiger charge is -2.23. The summed E-state index contributed by atoms with van der Waals surface area (Å²) >= 11 is 0. The monoisotopic (exact) mass is 263 g/mol. The van der Waals surface area contributed by atoms with Gasteiger partial charge < -0.3 is 14.9 Å². The van der Waals surface area contributed by atoms with Gasteiger partial charge in [-0.3, -0.25) is 4.90 Å². The normalized spacial score (nSPS) is 11.9. The number of rotatable bonds is 5. The highest BCUT2D eigenvalue weighted by molar-refractivity contribution is 5.45. The first-order chi connectivity index (χ1) is 9.12. The van der Waals surface area contributed by atoms with Crippen LogP contribution in [0.3, 0.4) is 0 Å². The molecule has 0 aliphatic rings. The van der Waals surface area contributed by atoms with Gasteiger partial charge in [0, 0.05) is 18.2 Å². The van der Waals surface area contributed by atoms with Crippen LogP contribution in [0.1, 0.15) is 18.1 Å². The lowest BCUT2D eigenvalue weighted by atomic mass is 10.1. The van der Waals surface area contributed by atoms with Crippen molar-refractivity contribution in [2.24, 2.45) is 0 Å². The van der Waals surface area contributed by atoms with Crippen molar-refractivity contribution < 1.29 is 14.9 Å². The van der Waals surface area contributed by atoms with Gasteiger partial charge in [-0.2, -0.15) is 0 Å². The second-order valence-corrected chi connectivity index (χ2v) is 4.43. The topological polar surface area (TPSA) is 52.9 Å². The lowest BCUT2D eigenvalue weighted by molar-refractivity contribution is 0.154. The summed E-state index contributed by atoms with van der Waals surface area (Å²) in [4.78, 5) is 2.04. The minimum Gasteiger partial charge on any atom is -0.497 e. The van der Waals surface area contributed by atoms with Crippen molar-refractivity contribution in [3.63, 3.8) is 0 Å². The van der Waals surface area contributed by atoms with E-state index in [2.05, 4.69) is 11.8 Å². The maximum Gasteiger partial charge on any atom is 0.119 e. The van der Waals surface area contributed by atoms with Gasteiger partial charge in [0.05, 0.1) is 13.7 Å².